The highest BCUT2D eigenvalue weighted by Gasteiger charge is 2.30. The molecule has 6 heteroatoms. The van der Waals surface area contributed by atoms with Crippen molar-refractivity contribution in [2.45, 2.75) is 26.1 Å². The highest BCUT2D eigenvalue weighted by Crippen LogP contribution is 2.31. The monoisotopic (exact) mass is 247 g/mol. The van der Waals surface area contributed by atoms with Gasteiger partial charge in [-0.25, -0.2) is 5.48 Å². The molecule has 1 rings (SSSR count). The van der Waals surface area contributed by atoms with Crippen LogP contribution in [0.2, 0.25) is 0 Å². The predicted octanol–water partition coefficient (Wildman–Crippen LogP) is 2.83. The summed E-state index contributed by atoms with van der Waals surface area (Å²) in [6.45, 7) is 2.80. The number of carbonyl (C=O) groups is 1. The van der Waals surface area contributed by atoms with Gasteiger partial charge in [-0.15, -0.1) is 0 Å². The summed E-state index contributed by atoms with van der Waals surface area (Å²) in [5.74, 6) is -0.413. The van der Waals surface area contributed by atoms with Crippen molar-refractivity contribution in [2.24, 2.45) is 0 Å². The Hall–Kier alpha value is -1.56. The van der Waals surface area contributed by atoms with Gasteiger partial charge in [-0.1, -0.05) is 12.1 Å². The summed E-state index contributed by atoms with van der Waals surface area (Å²) >= 11 is 0. The van der Waals surface area contributed by atoms with Crippen LogP contribution in [0.4, 0.5) is 13.2 Å². The van der Waals surface area contributed by atoms with Gasteiger partial charge in [0.1, 0.15) is 6.10 Å². The maximum Gasteiger partial charge on any atom is 0.416 e. The topological polar surface area (TPSA) is 38.3 Å². The van der Waals surface area contributed by atoms with Gasteiger partial charge in [0.15, 0.2) is 0 Å². The molecular formula is C11H12F3NO2. The second-order valence-corrected chi connectivity index (χ2v) is 3.54. The molecule has 0 aromatic heterocycles. The minimum absolute atomic E-state index is 0.341. The molecule has 0 aliphatic rings. The molecule has 0 saturated carbocycles. The summed E-state index contributed by atoms with van der Waals surface area (Å²) in [5.41, 5.74) is 1.68. The van der Waals surface area contributed by atoms with Gasteiger partial charge in [0.2, 0.25) is 5.91 Å². The Kier molecular flexibility index (Phi) is 4.11. The fraction of sp³-hybridized carbons (Fsp3) is 0.364. The van der Waals surface area contributed by atoms with E-state index in [0.29, 0.717) is 5.56 Å². The molecule has 0 bridgehead atoms. The number of carbonyl (C=O) groups excluding carboxylic acids is 1. The quantitative estimate of drug-likeness (QED) is 0.834. The number of alkyl halides is 3. The van der Waals surface area contributed by atoms with Crippen LogP contribution in [0.3, 0.4) is 0 Å². The van der Waals surface area contributed by atoms with E-state index in [0.717, 1.165) is 12.1 Å². The van der Waals surface area contributed by atoms with E-state index in [1.54, 1.807) is 6.92 Å². The van der Waals surface area contributed by atoms with Crippen molar-refractivity contribution < 1.29 is 22.8 Å². The van der Waals surface area contributed by atoms with Crippen molar-refractivity contribution in [2.75, 3.05) is 0 Å². The molecule has 1 amide bonds. The Labute approximate surface area is 96.5 Å². The molecule has 0 aliphatic carbocycles. The first kappa shape index (κ1) is 13.5. The summed E-state index contributed by atoms with van der Waals surface area (Å²) in [7, 11) is 0. The van der Waals surface area contributed by atoms with Crippen LogP contribution in [-0.4, -0.2) is 5.91 Å². The summed E-state index contributed by atoms with van der Waals surface area (Å²) < 4.78 is 37.3. The molecule has 1 aromatic carbocycles. The molecule has 1 atom stereocenters. The van der Waals surface area contributed by atoms with Crippen LogP contribution in [0.1, 0.15) is 31.1 Å². The molecule has 0 unspecified atom stereocenters. The van der Waals surface area contributed by atoms with Crippen molar-refractivity contribution >= 4 is 5.91 Å². The summed E-state index contributed by atoms with van der Waals surface area (Å²) in [6.07, 6.45) is -5.04. The first-order valence-corrected chi connectivity index (χ1v) is 4.90. The van der Waals surface area contributed by atoms with Crippen molar-refractivity contribution in [3.8, 4) is 0 Å². The van der Waals surface area contributed by atoms with Gasteiger partial charge in [-0.05, 0) is 24.6 Å². The third-order valence-corrected chi connectivity index (χ3v) is 2.06. The molecule has 1 aromatic rings. The molecule has 3 nitrogen and oxygen atoms in total. The maximum atomic E-state index is 12.4. The van der Waals surface area contributed by atoms with Crippen LogP contribution in [0.5, 0.6) is 0 Å². The Balaban J connectivity index is 2.81. The van der Waals surface area contributed by atoms with E-state index in [2.05, 4.69) is 5.48 Å². The predicted molar refractivity (Wildman–Crippen MR) is 54.8 cm³/mol. The van der Waals surface area contributed by atoms with Crippen LogP contribution in [0.25, 0.3) is 0 Å². The van der Waals surface area contributed by atoms with Crippen molar-refractivity contribution in [1.29, 1.82) is 0 Å². The van der Waals surface area contributed by atoms with Crippen LogP contribution in [0, 0.1) is 0 Å². The van der Waals surface area contributed by atoms with Crippen LogP contribution in [-0.2, 0) is 15.8 Å². The zero-order valence-corrected chi connectivity index (χ0v) is 9.34. The number of rotatable bonds is 3. The fourth-order valence-electron chi connectivity index (χ4n) is 1.21. The van der Waals surface area contributed by atoms with Crippen LogP contribution >= 0.6 is 0 Å². The van der Waals surface area contributed by atoms with Gasteiger partial charge in [0.25, 0.3) is 0 Å². The van der Waals surface area contributed by atoms with E-state index in [9.17, 15) is 18.0 Å². The summed E-state index contributed by atoms with van der Waals surface area (Å²) in [6, 6.07) is 4.77. The van der Waals surface area contributed by atoms with Crippen molar-refractivity contribution in [1.82, 2.24) is 5.48 Å². The molecular weight excluding hydrogens is 235 g/mol. The number of nitrogens with one attached hydrogen (secondary N) is 1. The molecule has 94 valence electrons. The van der Waals surface area contributed by atoms with Gasteiger partial charge < -0.3 is 0 Å². The number of hydrogen-bond acceptors (Lipinski definition) is 2. The van der Waals surface area contributed by atoms with Gasteiger partial charge in [0, 0.05) is 6.92 Å². The number of hydrogen-bond donors (Lipinski definition) is 1. The second-order valence-electron chi connectivity index (χ2n) is 3.54. The molecule has 0 spiro atoms. The lowest BCUT2D eigenvalue weighted by Gasteiger charge is -2.14. The lowest BCUT2D eigenvalue weighted by molar-refractivity contribution is -0.139. The van der Waals surface area contributed by atoms with E-state index in [1.165, 1.54) is 19.1 Å². The van der Waals surface area contributed by atoms with Gasteiger partial charge in [-0.3, -0.25) is 9.63 Å². The molecule has 0 aliphatic heterocycles. The van der Waals surface area contributed by atoms with E-state index in [1.807, 2.05) is 0 Å². The van der Waals surface area contributed by atoms with E-state index < -0.39 is 23.8 Å². The lowest BCUT2D eigenvalue weighted by atomic mass is 10.1. The van der Waals surface area contributed by atoms with Crippen LogP contribution in [0.15, 0.2) is 24.3 Å². The van der Waals surface area contributed by atoms with Gasteiger partial charge in [-0.2, -0.15) is 13.2 Å². The Morgan fingerprint density at radius 2 is 2.06 bits per heavy atom. The minimum atomic E-state index is -4.39. The lowest BCUT2D eigenvalue weighted by Crippen LogP contribution is -2.22. The van der Waals surface area contributed by atoms with E-state index >= 15 is 0 Å². The summed E-state index contributed by atoms with van der Waals surface area (Å²) in [4.78, 5) is 15.5. The standard InChI is InChI=1S/C11H12F3NO2/c1-7(17-15-8(2)16)9-4-3-5-10(6-9)11(12,13)14/h3-7H,1-2H3,(H,15,16)/t7-/m0/s1. The molecule has 0 heterocycles. The Morgan fingerprint density at radius 1 is 1.41 bits per heavy atom. The third-order valence-electron chi connectivity index (χ3n) is 2.06. The maximum absolute atomic E-state index is 12.4. The number of benzene rings is 1. The SMILES string of the molecule is CC(=O)NO[C@@H](C)c1cccc(C(F)(F)F)c1. The molecule has 17 heavy (non-hydrogen) atoms. The number of halogens is 3. The second kappa shape index (κ2) is 5.18. The summed E-state index contributed by atoms with van der Waals surface area (Å²) in [5, 5.41) is 0. The molecule has 0 fully saturated rings. The van der Waals surface area contributed by atoms with Crippen molar-refractivity contribution in [3.05, 3.63) is 35.4 Å². The van der Waals surface area contributed by atoms with Gasteiger partial charge in [0.05, 0.1) is 5.56 Å². The highest BCUT2D eigenvalue weighted by molar-refractivity contribution is 5.71. The Bertz CT molecular complexity index is 404. The number of amides is 1. The average molecular weight is 247 g/mol. The molecule has 1 N–H and O–H groups in total. The largest absolute Gasteiger partial charge is 0.416 e. The van der Waals surface area contributed by atoms with Gasteiger partial charge >= 0.3 is 6.18 Å². The van der Waals surface area contributed by atoms with E-state index in [4.69, 9.17) is 4.84 Å². The first-order chi connectivity index (χ1) is 7.80. The smallest absolute Gasteiger partial charge is 0.273 e. The molecule has 0 radical (unpaired) electrons. The first-order valence-electron chi connectivity index (χ1n) is 4.90. The normalized spacial score (nSPS) is 13.2. The number of hydroxylamine groups is 1. The molecule has 0 saturated heterocycles. The highest BCUT2D eigenvalue weighted by atomic mass is 19.4. The zero-order valence-electron chi connectivity index (χ0n) is 9.34. The average Bonchev–Trinajstić information content (AvgIpc) is 2.25. The minimum Gasteiger partial charge on any atom is -0.273 e. The zero-order chi connectivity index (χ0) is 13.1. The fourth-order valence-corrected chi connectivity index (χ4v) is 1.21. The van der Waals surface area contributed by atoms with E-state index in [-0.39, 0.29) is 0 Å². The third kappa shape index (κ3) is 4.07. The van der Waals surface area contributed by atoms with Crippen LogP contribution < -0.4 is 5.48 Å². The Morgan fingerprint density at radius 3 is 2.59 bits per heavy atom. The van der Waals surface area contributed by atoms with Crippen molar-refractivity contribution in [3.63, 3.8) is 0 Å².